The van der Waals surface area contributed by atoms with Crippen molar-refractivity contribution in [3.63, 3.8) is 0 Å². The lowest BCUT2D eigenvalue weighted by Crippen LogP contribution is -2.31. The molecule has 0 saturated carbocycles. The molecule has 0 fully saturated rings. The molecule has 14 heavy (non-hydrogen) atoms. The molecule has 0 saturated heterocycles. The molecule has 0 bridgehead atoms. The van der Waals surface area contributed by atoms with Gasteiger partial charge in [0, 0.05) is 13.1 Å². The van der Waals surface area contributed by atoms with Crippen molar-refractivity contribution >= 4 is 21.8 Å². The maximum Gasteiger partial charge on any atom is 0.287 e. The molecule has 78 valence electrons. The Balaban J connectivity index is 2.29. The van der Waals surface area contributed by atoms with Gasteiger partial charge in [0.2, 0.25) is 0 Å². The summed E-state index contributed by atoms with van der Waals surface area (Å²) in [5.41, 5.74) is 2.61. The molecule has 1 rings (SSSR count). The monoisotopic (exact) mass is 262 g/mol. The molecule has 0 radical (unpaired) electrons. The minimum atomic E-state index is -0.242. The summed E-state index contributed by atoms with van der Waals surface area (Å²) < 4.78 is 5.59. The highest BCUT2D eigenvalue weighted by molar-refractivity contribution is 9.10. The van der Waals surface area contributed by atoms with Gasteiger partial charge in [-0.1, -0.05) is 0 Å². The zero-order chi connectivity index (χ0) is 10.4. The molecular weight excluding hydrogens is 252 g/mol. The van der Waals surface area contributed by atoms with Crippen LogP contribution in [-0.4, -0.2) is 26.1 Å². The summed E-state index contributed by atoms with van der Waals surface area (Å²) in [6.07, 6.45) is 0. The molecule has 0 atom stereocenters. The topological polar surface area (TPSA) is 63.5 Å². The molecule has 0 spiro atoms. The van der Waals surface area contributed by atoms with Gasteiger partial charge in [-0.3, -0.25) is 4.79 Å². The third-order valence-corrected chi connectivity index (χ3v) is 1.88. The van der Waals surface area contributed by atoms with E-state index in [0.29, 0.717) is 17.8 Å². The van der Waals surface area contributed by atoms with E-state index in [2.05, 4.69) is 31.6 Å². The Morgan fingerprint density at radius 3 is 2.93 bits per heavy atom. The van der Waals surface area contributed by atoms with Gasteiger partial charge < -0.3 is 14.6 Å². The van der Waals surface area contributed by atoms with Crippen molar-refractivity contribution in [2.75, 3.05) is 20.2 Å². The van der Waals surface area contributed by atoms with Crippen LogP contribution >= 0.6 is 15.9 Å². The van der Waals surface area contributed by atoms with E-state index in [1.54, 1.807) is 12.1 Å². The van der Waals surface area contributed by atoms with E-state index in [1.165, 1.54) is 7.11 Å². The fourth-order valence-electron chi connectivity index (χ4n) is 0.853. The zero-order valence-electron chi connectivity index (χ0n) is 7.67. The van der Waals surface area contributed by atoms with Crippen LogP contribution in [0, 0.1) is 0 Å². The molecule has 1 heterocycles. The van der Waals surface area contributed by atoms with E-state index in [9.17, 15) is 4.79 Å². The van der Waals surface area contributed by atoms with Crippen molar-refractivity contribution in [2.24, 2.45) is 0 Å². The molecule has 5 nitrogen and oxygen atoms in total. The fourth-order valence-corrected chi connectivity index (χ4v) is 1.16. The summed E-state index contributed by atoms with van der Waals surface area (Å²) in [5, 5.41) is 2.65. The van der Waals surface area contributed by atoms with Crippen molar-refractivity contribution in [1.29, 1.82) is 0 Å². The van der Waals surface area contributed by atoms with E-state index in [4.69, 9.17) is 4.42 Å². The van der Waals surface area contributed by atoms with Crippen LogP contribution < -0.4 is 10.8 Å². The number of nitrogens with one attached hydrogen (secondary N) is 2. The quantitative estimate of drug-likeness (QED) is 0.612. The van der Waals surface area contributed by atoms with Gasteiger partial charge in [0.25, 0.3) is 5.91 Å². The van der Waals surface area contributed by atoms with Crippen molar-refractivity contribution in [1.82, 2.24) is 10.8 Å². The Hall–Kier alpha value is -0.850. The van der Waals surface area contributed by atoms with Crippen molar-refractivity contribution in [3.8, 4) is 0 Å². The van der Waals surface area contributed by atoms with Gasteiger partial charge in [0.15, 0.2) is 10.4 Å². The first-order valence-corrected chi connectivity index (χ1v) is 4.82. The molecule has 1 aromatic heterocycles. The van der Waals surface area contributed by atoms with Gasteiger partial charge in [-0.2, -0.15) is 0 Å². The van der Waals surface area contributed by atoms with Crippen LogP contribution in [0.3, 0.4) is 0 Å². The second-order valence-corrected chi connectivity index (χ2v) is 3.24. The summed E-state index contributed by atoms with van der Waals surface area (Å²) in [6.45, 7) is 1.02. The van der Waals surface area contributed by atoms with Gasteiger partial charge in [-0.25, -0.2) is 5.48 Å². The SMILES string of the molecule is CONCCNC(=O)c1ccc(Br)o1. The molecule has 0 aliphatic carbocycles. The van der Waals surface area contributed by atoms with E-state index in [0.717, 1.165) is 0 Å². The average molecular weight is 263 g/mol. The summed E-state index contributed by atoms with van der Waals surface area (Å²) >= 11 is 3.11. The predicted octanol–water partition coefficient (Wildman–Crippen LogP) is 0.923. The molecular formula is C8H11BrN2O3. The van der Waals surface area contributed by atoms with Crippen LogP contribution in [0.4, 0.5) is 0 Å². The second-order valence-electron chi connectivity index (χ2n) is 2.46. The number of furan rings is 1. The van der Waals surface area contributed by atoms with Gasteiger partial charge >= 0.3 is 0 Å². The third kappa shape index (κ3) is 3.49. The van der Waals surface area contributed by atoms with Crippen LogP contribution in [0.25, 0.3) is 0 Å². The number of hydrogen-bond donors (Lipinski definition) is 2. The summed E-state index contributed by atoms with van der Waals surface area (Å²) in [4.78, 5) is 15.9. The van der Waals surface area contributed by atoms with Crippen molar-refractivity contribution < 1.29 is 14.0 Å². The number of rotatable bonds is 5. The molecule has 1 amide bonds. The maximum absolute atomic E-state index is 11.3. The molecule has 2 N–H and O–H groups in total. The Morgan fingerprint density at radius 2 is 2.36 bits per heavy atom. The smallest absolute Gasteiger partial charge is 0.287 e. The lowest BCUT2D eigenvalue weighted by molar-refractivity contribution is 0.0848. The highest BCUT2D eigenvalue weighted by Crippen LogP contribution is 2.13. The van der Waals surface area contributed by atoms with Crippen LogP contribution in [0.1, 0.15) is 10.6 Å². The van der Waals surface area contributed by atoms with Crippen LogP contribution in [0.15, 0.2) is 21.2 Å². The zero-order valence-corrected chi connectivity index (χ0v) is 9.26. The Kier molecular flexibility index (Phi) is 4.64. The first kappa shape index (κ1) is 11.2. The van der Waals surface area contributed by atoms with Crippen LogP contribution in [0.2, 0.25) is 0 Å². The lowest BCUT2D eigenvalue weighted by Gasteiger charge is -2.02. The number of hydrogen-bond acceptors (Lipinski definition) is 4. The molecule has 6 heteroatoms. The van der Waals surface area contributed by atoms with E-state index in [-0.39, 0.29) is 11.7 Å². The minimum absolute atomic E-state index is 0.242. The summed E-state index contributed by atoms with van der Waals surface area (Å²) in [7, 11) is 1.52. The van der Waals surface area contributed by atoms with E-state index < -0.39 is 0 Å². The van der Waals surface area contributed by atoms with Gasteiger partial charge in [0.1, 0.15) is 0 Å². The molecule has 1 aromatic rings. The predicted molar refractivity (Wildman–Crippen MR) is 53.8 cm³/mol. The Bertz CT molecular complexity index is 301. The second kappa shape index (κ2) is 5.79. The normalized spacial score (nSPS) is 10.1. The van der Waals surface area contributed by atoms with E-state index in [1.807, 2.05) is 0 Å². The number of amides is 1. The van der Waals surface area contributed by atoms with Gasteiger partial charge in [-0.15, -0.1) is 0 Å². The molecule has 0 aromatic carbocycles. The van der Waals surface area contributed by atoms with Gasteiger partial charge in [-0.05, 0) is 28.1 Å². The first-order chi connectivity index (χ1) is 6.74. The van der Waals surface area contributed by atoms with Crippen LogP contribution in [-0.2, 0) is 4.84 Å². The number of hydroxylamine groups is 1. The first-order valence-electron chi connectivity index (χ1n) is 4.03. The highest BCUT2D eigenvalue weighted by atomic mass is 79.9. The van der Waals surface area contributed by atoms with Crippen molar-refractivity contribution in [3.05, 3.63) is 22.6 Å². The van der Waals surface area contributed by atoms with E-state index >= 15 is 0 Å². The number of carbonyl (C=O) groups excluding carboxylic acids is 1. The number of carbonyl (C=O) groups is 1. The van der Waals surface area contributed by atoms with Crippen molar-refractivity contribution in [2.45, 2.75) is 0 Å². The summed E-state index contributed by atoms with van der Waals surface area (Å²) in [6, 6.07) is 3.27. The minimum Gasteiger partial charge on any atom is -0.444 e. The summed E-state index contributed by atoms with van der Waals surface area (Å²) in [5.74, 6) is 0.0443. The Labute approximate surface area is 89.9 Å². The van der Waals surface area contributed by atoms with Gasteiger partial charge in [0.05, 0.1) is 7.11 Å². The standard InChI is InChI=1S/C8H11BrN2O3/c1-13-11-5-4-10-8(12)6-2-3-7(9)14-6/h2-3,11H,4-5H2,1H3,(H,10,12). The highest BCUT2D eigenvalue weighted by Gasteiger charge is 2.08. The average Bonchev–Trinajstić information content (AvgIpc) is 2.59. The molecule has 0 aliphatic heterocycles. The Morgan fingerprint density at radius 1 is 1.57 bits per heavy atom. The number of halogens is 1. The molecule has 0 unspecified atom stereocenters. The third-order valence-electron chi connectivity index (χ3n) is 1.45. The van der Waals surface area contributed by atoms with Crippen LogP contribution in [0.5, 0.6) is 0 Å². The molecule has 0 aliphatic rings. The largest absolute Gasteiger partial charge is 0.444 e. The fraction of sp³-hybridized carbons (Fsp3) is 0.375. The maximum atomic E-state index is 11.3. The lowest BCUT2D eigenvalue weighted by atomic mass is 10.4.